The normalized spacial score (nSPS) is 15.6. The van der Waals surface area contributed by atoms with Crippen LogP contribution < -0.4 is 9.80 Å². The van der Waals surface area contributed by atoms with Crippen molar-refractivity contribution in [1.29, 1.82) is 0 Å². The Morgan fingerprint density at radius 2 is 0.720 bits per heavy atom. The van der Waals surface area contributed by atoms with Gasteiger partial charge in [-0.3, -0.25) is 8.80 Å². The predicted molar refractivity (Wildman–Crippen MR) is 205 cm³/mol. The standard InChI is InChI=1S/C44H38N6/c1-27-25-45-41-42-46-26-28(2)48(42)38-24-40(50-35-21-13-9-17-31(35)44(5,6)32-18-10-14-22-36(32)50)39(23-37(38)47(27)41)49-33-19-11-7-15-29(33)43(3,4)30-16-8-12-20-34(30)49/h7-26H,1-6H3. The molecule has 0 unspecified atom stereocenters. The lowest BCUT2D eigenvalue weighted by molar-refractivity contribution is 0.630. The molecule has 3 aromatic heterocycles. The number of hydrogen-bond donors (Lipinski definition) is 0. The molecule has 6 nitrogen and oxygen atoms in total. The van der Waals surface area contributed by atoms with Crippen molar-refractivity contribution in [1.82, 2.24) is 18.8 Å². The van der Waals surface area contributed by atoms with Crippen molar-refractivity contribution in [3.8, 4) is 0 Å². The van der Waals surface area contributed by atoms with Gasteiger partial charge in [0.2, 0.25) is 0 Å². The molecular weight excluding hydrogens is 613 g/mol. The van der Waals surface area contributed by atoms with E-state index in [-0.39, 0.29) is 10.8 Å². The van der Waals surface area contributed by atoms with Gasteiger partial charge >= 0.3 is 0 Å². The van der Waals surface area contributed by atoms with Gasteiger partial charge in [-0.15, -0.1) is 0 Å². The molecule has 8 aromatic rings. The highest BCUT2D eigenvalue weighted by molar-refractivity contribution is 6.02. The van der Waals surface area contributed by atoms with E-state index in [1.807, 2.05) is 12.4 Å². The SMILES string of the molecule is Cc1cnc2c3ncc(C)n3c3cc(N4c5ccccc5C(C)(C)c5ccccc54)c(N4c5ccccc5C(C)(C)c5ccccc54)cc3n12. The van der Waals surface area contributed by atoms with Crippen LogP contribution in [0.15, 0.2) is 122 Å². The number of rotatable bonds is 2. The lowest BCUT2D eigenvalue weighted by Crippen LogP contribution is -2.33. The van der Waals surface area contributed by atoms with Crippen LogP contribution in [0.25, 0.3) is 22.3 Å². The van der Waals surface area contributed by atoms with Crippen LogP contribution in [0.1, 0.15) is 61.3 Å². The smallest absolute Gasteiger partial charge is 0.181 e. The summed E-state index contributed by atoms with van der Waals surface area (Å²) in [6.45, 7) is 13.6. The van der Waals surface area contributed by atoms with Crippen LogP contribution in [-0.4, -0.2) is 18.8 Å². The van der Waals surface area contributed by atoms with Crippen molar-refractivity contribution in [2.45, 2.75) is 52.4 Å². The Kier molecular flexibility index (Phi) is 5.73. The van der Waals surface area contributed by atoms with Gasteiger partial charge in [0.25, 0.3) is 0 Å². The minimum absolute atomic E-state index is 0.177. The number of hydrogen-bond acceptors (Lipinski definition) is 4. The molecular formula is C44H38N6. The maximum atomic E-state index is 4.89. The summed E-state index contributed by atoms with van der Waals surface area (Å²) in [6, 6.07) is 40.4. The zero-order chi connectivity index (χ0) is 34.1. The molecule has 50 heavy (non-hydrogen) atoms. The van der Waals surface area contributed by atoms with Gasteiger partial charge in [-0.25, -0.2) is 9.97 Å². The number of para-hydroxylation sites is 4. The Bertz CT molecular complexity index is 2420. The van der Waals surface area contributed by atoms with Crippen molar-refractivity contribution in [2.75, 3.05) is 9.80 Å². The van der Waals surface area contributed by atoms with Crippen LogP contribution in [-0.2, 0) is 10.8 Å². The summed E-state index contributed by atoms with van der Waals surface area (Å²) >= 11 is 0. The molecule has 0 atom stereocenters. The first-order chi connectivity index (χ1) is 24.2. The minimum Gasteiger partial charge on any atom is -0.308 e. The summed E-state index contributed by atoms with van der Waals surface area (Å²) in [5.74, 6) is 0. The predicted octanol–water partition coefficient (Wildman–Crippen LogP) is 11.0. The van der Waals surface area contributed by atoms with Crippen molar-refractivity contribution >= 4 is 56.5 Å². The molecule has 0 radical (unpaired) electrons. The molecule has 0 saturated heterocycles. The second-order valence-electron chi connectivity index (χ2n) is 14.9. The summed E-state index contributed by atoms with van der Waals surface area (Å²) < 4.78 is 4.55. The first kappa shape index (κ1) is 29.1. The van der Waals surface area contributed by atoms with Gasteiger partial charge in [0, 0.05) is 34.6 Å². The Labute approximate surface area is 291 Å². The maximum absolute atomic E-state index is 4.89. The Morgan fingerprint density at radius 1 is 0.420 bits per heavy atom. The molecule has 2 aliphatic rings. The highest BCUT2D eigenvalue weighted by Crippen LogP contribution is 2.58. The molecule has 0 amide bonds. The second kappa shape index (κ2) is 9.85. The number of imidazole rings is 2. The number of nitrogens with zero attached hydrogens (tertiary/aromatic N) is 6. The molecule has 10 rings (SSSR count). The maximum Gasteiger partial charge on any atom is 0.181 e. The Balaban J connectivity index is 1.41. The van der Waals surface area contributed by atoms with Gasteiger partial charge in [-0.2, -0.15) is 0 Å². The molecule has 0 saturated carbocycles. The molecule has 0 N–H and O–H groups in total. The molecule has 0 bridgehead atoms. The third-order valence-corrected chi connectivity index (χ3v) is 11.4. The van der Waals surface area contributed by atoms with Crippen molar-refractivity contribution in [3.05, 3.63) is 155 Å². The van der Waals surface area contributed by atoms with E-state index in [2.05, 4.69) is 169 Å². The highest BCUT2D eigenvalue weighted by Gasteiger charge is 2.41. The number of fused-ring (bicyclic) bond motifs is 10. The summed E-state index contributed by atoms with van der Waals surface area (Å²) in [7, 11) is 0. The Hall–Kier alpha value is -5.88. The van der Waals surface area contributed by atoms with Crippen molar-refractivity contribution in [2.24, 2.45) is 0 Å². The van der Waals surface area contributed by atoms with E-state index in [1.165, 1.54) is 45.0 Å². The molecule has 5 heterocycles. The van der Waals surface area contributed by atoms with Crippen molar-refractivity contribution < 1.29 is 0 Å². The topological polar surface area (TPSA) is 41.1 Å². The van der Waals surface area contributed by atoms with Gasteiger partial charge in [-0.05, 0) is 72.5 Å². The molecule has 0 spiro atoms. The first-order valence-electron chi connectivity index (χ1n) is 17.4. The van der Waals surface area contributed by atoms with E-state index < -0.39 is 0 Å². The number of benzene rings is 5. The largest absolute Gasteiger partial charge is 0.308 e. The van der Waals surface area contributed by atoms with Gasteiger partial charge in [0.1, 0.15) is 0 Å². The van der Waals surface area contributed by atoms with E-state index in [1.54, 1.807) is 0 Å². The fourth-order valence-corrected chi connectivity index (χ4v) is 8.93. The van der Waals surface area contributed by atoms with Gasteiger partial charge in [0.15, 0.2) is 11.3 Å². The molecule has 5 aromatic carbocycles. The summed E-state index contributed by atoms with van der Waals surface area (Å²) in [4.78, 5) is 14.8. The summed E-state index contributed by atoms with van der Waals surface area (Å²) in [5.41, 5.74) is 17.8. The number of aromatic nitrogens is 4. The zero-order valence-corrected chi connectivity index (χ0v) is 29.2. The average Bonchev–Trinajstić information content (AvgIpc) is 3.71. The third kappa shape index (κ3) is 3.63. The highest BCUT2D eigenvalue weighted by atomic mass is 15.2. The van der Waals surface area contributed by atoms with E-state index in [0.29, 0.717) is 0 Å². The third-order valence-electron chi connectivity index (χ3n) is 11.4. The van der Waals surface area contributed by atoms with Crippen LogP contribution >= 0.6 is 0 Å². The Morgan fingerprint density at radius 3 is 1.04 bits per heavy atom. The fraction of sp³-hybridized carbons (Fsp3) is 0.182. The molecule has 0 fully saturated rings. The molecule has 6 heteroatoms. The van der Waals surface area contributed by atoms with Gasteiger partial charge in [-0.1, -0.05) is 100 Å². The fourth-order valence-electron chi connectivity index (χ4n) is 8.93. The van der Waals surface area contributed by atoms with Crippen LogP contribution in [0, 0.1) is 13.8 Å². The van der Waals surface area contributed by atoms with E-state index in [0.717, 1.165) is 45.1 Å². The van der Waals surface area contributed by atoms with Crippen LogP contribution in [0.2, 0.25) is 0 Å². The molecule has 2 aliphatic heterocycles. The van der Waals surface area contributed by atoms with E-state index >= 15 is 0 Å². The van der Waals surface area contributed by atoms with Crippen molar-refractivity contribution in [3.63, 3.8) is 0 Å². The molecule has 0 aliphatic carbocycles. The van der Waals surface area contributed by atoms with Gasteiger partial charge < -0.3 is 9.80 Å². The lowest BCUT2D eigenvalue weighted by atomic mass is 9.73. The molecule has 244 valence electrons. The van der Waals surface area contributed by atoms with Crippen LogP contribution in [0.5, 0.6) is 0 Å². The second-order valence-corrected chi connectivity index (χ2v) is 14.9. The lowest BCUT2D eigenvalue weighted by Gasteiger charge is -2.45. The van der Waals surface area contributed by atoms with Crippen LogP contribution in [0.3, 0.4) is 0 Å². The van der Waals surface area contributed by atoms with Gasteiger partial charge in [0.05, 0.1) is 45.2 Å². The summed E-state index contributed by atoms with van der Waals surface area (Å²) in [5, 5.41) is 0. The minimum atomic E-state index is -0.177. The summed E-state index contributed by atoms with van der Waals surface area (Å²) in [6.07, 6.45) is 3.92. The average molecular weight is 651 g/mol. The van der Waals surface area contributed by atoms with E-state index in [4.69, 9.17) is 9.97 Å². The quantitative estimate of drug-likeness (QED) is 0.187. The number of aryl methyl sites for hydroxylation is 2. The number of anilines is 6. The van der Waals surface area contributed by atoms with E-state index in [9.17, 15) is 0 Å². The monoisotopic (exact) mass is 650 g/mol. The zero-order valence-electron chi connectivity index (χ0n) is 29.2. The van der Waals surface area contributed by atoms with Crippen LogP contribution in [0.4, 0.5) is 34.1 Å². The first-order valence-corrected chi connectivity index (χ1v) is 17.4.